The highest BCUT2D eigenvalue weighted by Gasteiger charge is 2.07. The van der Waals surface area contributed by atoms with Gasteiger partial charge in [-0.3, -0.25) is 0 Å². The molecule has 0 amide bonds. The van der Waals surface area contributed by atoms with Crippen LogP contribution in [0.4, 0.5) is 0 Å². The van der Waals surface area contributed by atoms with Crippen LogP contribution >= 0.6 is 0 Å². The molecule has 0 saturated heterocycles. The second kappa shape index (κ2) is 7.10. The molecule has 0 aliphatic carbocycles. The molecule has 0 spiro atoms. The van der Waals surface area contributed by atoms with Crippen LogP contribution in [0.15, 0.2) is 72.8 Å². The predicted octanol–water partition coefficient (Wildman–Crippen LogP) is 3.54. The van der Waals surface area contributed by atoms with Gasteiger partial charge in [-0.1, -0.05) is 66.7 Å². The van der Waals surface area contributed by atoms with Crippen molar-refractivity contribution < 1.29 is 10.1 Å². The first-order valence-corrected chi connectivity index (χ1v) is 7.83. The van der Waals surface area contributed by atoms with E-state index in [1.165, 1.54) is 16.3 Å². The van der Waals surface area contributed by atoms with Crippen molar-refractivity contribution in [2.75, 3.05) is 13.2 Å². The van der Waals surface area contributed by atoms with Crippen LogP contribution in [0.5, 0.6) is 5.75 Å². The Labute approximate surface area is 131 Å². The first-order chi connectivity index (χ1) is 10.8. The molecule has 0 heterocycles. The fourth-order valence-corrected chi connectivity index (χ4v) is 2.70. The van der Waals surface area contributed by atoms with Crippen molar-refractivity contribution in [1.82, 2.24) is 0 Å². The minimum Gasteiger partial charge on any atom is -0.487 e. The van der Waals surface area contributed by atoms with Gasteiger partial charge in [-0.15, -0.1) is 0 Å². The van der Waals surface area contributed by atoms with Crippen molar-refractivity contribution in [3.8, 4) is 5.75 Å². The Bertz CT molecular complexity index is 719. The molecule has 0 aliphatic heterocycles. The average Bonchev–Trinajstić information content (AvgIpc) is 2.59. The largest absolute Gasteiger partial charge is 0.487 e. The summed E-state index contributed by atoms with van der Waals surface area (Å²) in [7, 11) is 0. The second-order valence-electron chi connectivity index (χ2n) is 5.55. The van der Waals surface area contributed by atoms with E-state index in [4.69, 9.17) is 4.74 Å². The average molecular weight is 292 g/mol. The van der Waals surface area contributed by atoms with Crippen molar-refractivity contribution in [2.24, 2.45) is 0 Å². The Kier molecular flexibility index (Phi) is 4.71. The van der Waals surface area contributed by atoms with E-state index in [1.807, 2.05) is 12.1 Å². The maximum absolute atomic E-state index is 5.97. The fraction of sp³-hybridized carbons (Fsp3) is 0.200. The topological polar surface area (TPSA) is 25.8 Å². The molecule has 1 atom stereocenters. The van der Waals surface area contributed by atoms with Gasteiger partial charge in [0.25, 0.3) is 0 Å². The molecule has 0 bridgehead atoms. The third kappa shape index (κ3) is 3.46. The van der Waals surface area contributed by atoms with E-state index in [9.17, 15) is 0 Å². The van der Waals surface area contributed by atoms with Crippen molar-refractivity contribution in [1.29, 1.82) is 0 Å². The molecule has 3 aromatic rings. The SMILES string of the molecule is C[C@@H]([NH2+]CCOc1cccc2ccccc12)c1ccccc1. The summed E-state index contributed by atoms with van der Waals surface area (Å²) in [5.41, 5.74) is 1.35. The number of benzene rings is 3. The lowest BCUT2D eigenvalue weighted by atomic mass is 10.1. The Hall–Kier alpha value is -2.32. The van der Waals surface area contributed by atoms with Crippen molar-refractivity contribution >= 4 is 10.8 Å². The van der Waals surface area contributed by atoms with Crippen molar-refractivity contribution in [3.05, 3.63) is 78.4 Å². The van der Waals surface area contributed by atoms with E-state index < -0.39 is 0 Å². The highest BCUT2D eigenvalue weighted by molar-refractivity contribution is 5.88. The molecule has 0 unspecified atom stereocenters. The first kappa shape index (κ1) is 14.6. The van der Waals surface area contributed by atoms with E-state index in [0.29, 0.717) is 12.6 Å². The number of quaternary nitrogens is 1. The molecule has 22 heavy (non-hydrogen) atoms. The van der Waals surface area contributed by atoms with Gasteiger partial charge in [-0.05, 0) is 18.4 Å². The second-order valence-corrected chi connectivity index (χ2v) is 5.55. The molecule has 0 aliphatic rings. The van der Waals surface area contributed by atoms with E-state index in [2.05, 4.69) is 72.9 Å². The summed E-state index contributed by atoms with van der Waals surface area (Å²) in [5, 5.41) is 4.73. The van der Waals surface area contributed by atoms with E-state index >= 15 is 0 Å². The summed E-state index contributed by atoms with van der Waals surface area (Å²) in [4.78, 5) is 0. The van der Waals surface area contributed by atoms with E-state index in [1.54, 1.807) is 0 Å². The standard InChI is InChI=1S/C20H21NO/c1-16(17-8-3-2-4-9-17)21-14-15-22-20-13-7-11-18-10-5-6-12-19(18)20/h2-13,16,21H,14-15H2,1H3/p+1/t16-/m1/s1. The number of nitrogens with two attached hydrogens (primary N) is 1. The third-order valence-electron chi connectivity index (χ3n) is 3.97. The monoisotopic (exact) mass is 292 g/mol. The molecule has 2 heteroatoms. The van der Waals surface area contributed by atoms with Crippen LogP contribution in [0.3, 0.4) is 0 Å². The molecule has 0 radical (unpaired) electrons. The summed E-state index contributed by atoms with van der Waals surface area (Å²) in [5.74, 6) is 0.971. The minimum absolute atomic E-state index is 0.456. The Morgan fingerprint density at radius 3 is 2.45 bits per heavy atom. The van der Waals surface area contributed by atoms with Crippen LogP contribution < -0.4 is 10.1 Å². The summed E-state index contributed by atoms with van der Waals surface area (Å²) in [6.07, 6.45) is 0. The fourth-order valence-electron chi connectivity index (χ4n) is 2.70. The smallest absolute Gasteiger partial charge is 0.137 e. The zero-order valence-electron chi connectivity index (χ0n) is 12.9. The molecule has 3 rings (SSSR count). The van der Waals surface area contributed by atoms with Gasteiger partial charge in [0, 0.05) is 10.9 Å². The van der Waals surface area contributed by atoms with Gasteiger partial charge in [-0.2, -0.15) is 0 Å². The molecule has 0 fully saturated rings. The number of rotatable bonds is 6. The van der Waals surface area contributed by atoms with Crippen LogP contribution in [-0.2, 0) is 0 Å². The van der Waals surface area contributed by atoms with Gasteiger partial charge >= 0.3 is 0 Å². The van der Waals surface area contributed by atoms with Gasteiger partial charge in [0.15, 0.2) is 0 Å². The summed E-state index contributed by atoms with van der Waals surface area (Å²) >= 11 is 0. The van der Waals surface area contributed by atoms with Crippen molar-refractivity contribution in [3.63, 3.8) is 0 Å². The van der Waals surface area contributed by atoms with Gasteiger partial charge in [0.05, 0.1) is 0 Å². The molecule has 2 N–H and O–H groups in total. The zero-order chi connectivity index (χ0) is 15.2. The van der Waals surface area contributed by atoms with Crippen LogP contribution in [0, 0.1) is 0 Å². The summed E-state index contributed by atoms with van der Waals surface area (Å²) in [6.45, 7) is 3.89. The summed E-state index contributed by atoms with van der Waals surface area (Å²) in [6, 6.07) is 25.6. The number of fused-ring (bicyclic) bond motifs is 1. The number of hydrogen-bond donors (Lipinski definition) is 1. The van der Waals surface area contributed by atoms with Gasteiger partial charge in [-0.25, -0.2) is 0 Å². The molecular weight excluding hydrogens is 270 g/mol. The number of ether oxygens (including phenoxy) is 1. The maximum atomic E-state index is 5.97. The molecule has 0 aromatic heterocycles. The molecule has 0 saturated carbocycles. The normalized spacial score (nSPS) is 12.2. The van der Waals surface area contributed by atoms with E-state index in [0.717, 1.165) is 12.3 Å². The third-order valence-corrected chi connectivity index (χ3v) is 3.97. The Balaban J connectivity index is 1.55. The van der Waals surface area contributed by atoms with Gasteiger partial charge in [0.1, 0.15) is 24.9 Å². The summed E-state index contributed by atoms with van der Waals surface area (Å²) < 4.78 is 5.97. The van der Waals surface area contributed by atoms with Crippen LogP contribution in [-0.4, -0.2) is 13.2 Å². The van der Waals surface area contributed by atoms with Crippen molar-refractivity contribution in [2.45, 2.75) is 13.0 Å². The van der Waals surface area contributed by atoms with Gasteiger partial charge in [0.2, 0.25) is 0 Å². The van der Waals surface area contributed by atoms with Crippen LogP contribution in [0.2, 0.25) is 0 Å². The first-order valence-electron chi connectivity index (χ1n) is 7.83. The molecule has 112 valence electrons. The Morgan fingerprint density at radius 1 is 0.864 bits per heavy atom. The van der Waals surface area contributed by atoms with Crippen LogP contribution in [0.25, 0.3) is 10.8 Å². The van der Waals surface area contributed by atoms with E-state index in [-0.39, 0.29) is 0 Å². The molecule has 2 nitrogen and oxygen atoms in total. The lowest BCUT2D eigenvalue weighted by molar-refractivity contribution is -0.693. The number of hydrogen-bond acceptors (Lipinski definition) is 1. The minimum atomic E-state index is 0.456. The highest BCUT2D eigenvalue weighted by atomic mass is 16.5. The highest BCUT2D eigenvalue weighted by Crippen LogP contribution is 2.24. The van der Waals surface area contributed by atoms with Gasteiger partial charge < -0.3 is 10.1 Å². The molecule has 3 aromatic carbocycles. The Morgan fingerprint density at radius 2 is 1.59 bits per heavy atom. The lowest BCUT2D eigenvalue weighted by Crippen LogP contribution is -2.85. The molecular formula is C20H22NO+. The lowest BCUT2D eigenvalue weighted by Gasteiger charge is -2.12. The van der Waals surface area contributed by atoms with Crippen LogP contribution in [0.1, 0.15) is 18.5 Å². The predicted molar refractivity (Wildman–Crippen MR) is 91.1 cm³/mol. The maximum Gasteiger partial charge on any atom is 0.137 e. The zero-order valence-corrected chi connectivity index (χ0v) is 12.9. The quantitative estimate of drug-likeness (QED) is 0.691.